The molecule has 6 heteroatoms. The van der Waals surface area contributed by atoms with Crippen molar-refractivity contribution in [3.63, 3.8) is 0 Å². The third-order valence-corrected chi connectivity index (χ3v) is 4.05. The van der Waals surface area contributed by atoms with Gasteiger partial charge in [-0.15, -0.1) is 5.10 Å². The van der Waals surface area contributed by atoms with E-state index in [1.165, 1.54) is 5.56 Å². The van der Waals surface area contributed by atoms with Crippen LogP contribution in [-0.4, -0.2) is 40.7 Å². The van der Waals surface area contributed by atoms with Crippen LogP contribution in [0, 0.1) is 6.92 Å². The van der Waals surface area contributed by atoms with E-state index in [2.05, 4.69) is 27.8 Å². The predicted octanol–water partition coefficient (Wildman–Crippen LogP) is 3.01. The Kier molecular flexibility index (Phi) is 5.43. The summed E-state index contributed by atoms with van der Waals surface area (Å²) in [6, 6.07) is 13.8. The molecule has 6 nitrogen and oxygen atoms in total. The Bertz CT molecular complexity index is 873. The number of nitrogens with zero attached hydrogens (tertiary/aromatic N) is 3. The van der Waals surface area contributed by atoms with Crippen LogP contribution in [0.4, 0.5) is 0 Å². The van der Waals surface area contributed by atoms with E-state index in [4.69, 9.17) is 4.74 Å². The number of hydrogen-bond acceptors (Lipinski definition) is 4. The number of ether oxygens (including phenoxy) is 1. The molecule has 0 saturated carbocycles. The zero-order chi connectivity index (χ0) is 18.5. The van der Waals surface area contributed by atoms with Crippen molar-refractivity contribution in [2.24, 2.45) is 0 Å². The molecule has 134 valence electrons. The molecule has 3 aromatic rings. The first-order valence-corrected chi connectivity index (χ1v) is 8.45. The number of hydrogen-bond donors (Lipinski definition) is 1. The van der Waals surface area contributed by atoms with Crippen LogP contribution in [0.3, 0.4) is 0 Å². The zero-order valence-corrected chi connectivity index (χ0v) is 15.1. The van der Waals surface area contributed by atoms with Crippen LogP contribution in [0.25, 0.3) is 16.8 Å². The highest BCUT2D eigenvalue weighted by molar-refractivity contribution is 5.96. The normalized spacial score (nSPS) is 12.0. The summed E-state index contributed by atoms with van der Waals surface area (Å²) < 4.78 is 6.74. The fourth-order valence-corrected chi connectivity index (χ4v) is 2.73. The monoisotopic (exact) mass is 350 g/mol. The third-order valence-electron chi connectivity index (χ3n) is 4.05. The molecule has 3 rings (SSSR count). The van der Waals surface area contributed by atoms with E-state index in [1.54, 1.807) is 30.3 Å². The quantitative estimate of drug-likeness (QED) is 0.742. The molecule has 0 fully saturated rings. The van der Waals surface area contributed by atoms with E-state index >= 15 is 0 Å². The van der Waals surface area contributed by atoms with Gasteiger partial charge in [0.25, 0.3) is 5.91 Å². The van der Waals surface area contributed by atoms with E-state index in [1.807, 2.05) is 38.1 Å². The van der Waals surface area contributed by atoms with Crippen LogP contribution < -0.4 is 5.32 Å². The fourth-order valence-electron chi connectivity index (χ4n) is 2.73. The first kappa shape index (κ1) is 17.8. The summed E-state index contributed by atoms with van der Waals surface area (Å²) >= 11 is 0. The lowest BCUT2D eigenvalue weighted by molar-refractivity contribution is 0.0905. The predicted molar refractivity (Wildman–Crippen MR) is 100 cm³/mol. The molecule has 0 bridgehead atoms. The number of nitrogens with one attached hydrogen (secondary N) is 1. The van der Waals surface area contributed by atoms with Crippen LogP contribution in [0.15, 0.2) is 54.9 Å². The molecule has 0 aliphatic rings. The van der Waals surface area contributed by atoms with E-state index in [9.17, 15) is 4.79 Å². The van der Waals surface area contributed by atoms with Gasteiger partial charge in [-0.3, -0.25) is 4.79 Å². The number of carbonyl (C=O) groups excluding carboxylic acids is 1. The second-order valence-corrected chi connectivity index (χ2v) is 6.31. The molecular formula is C20H22N4O2. The highest BCUT2D eigenvalue weighted by Gasteiger charge is 2.13. The molecule has 1 atom stereocenters. The molecule has 1 aromatic heterocycles. The third kappa shape index (κ3) is 4.15. The average Bonchev–Trinajstić information content (AvgIpc) is 3.17. The number of aromatic nitrogens is 3. The molecule has 0 aliphatic carbocycles. The van der Waals surface area contributed by atoms with Crippen molar-refractivity contribution < 1.29 is 9.53 Å². The number of benzene rings is 2. The van der Waals surface area contributed by atoms with Crippen LogP contribution in [0.1, 0.15) is 22.8 Å². The summed E-state index contributed by atoms with van der Waals surface area (Å²) in [6.07, 6.45) is 3.36. The topological polar surface area (TPSA) is 69.0 Å². The Morgan fingerprint density at radius 3 is 2.62 bits per heavy atom. The maximum atomic E-state index is 12.7. The van der Waals surface area contributed by atoms with Gasteiger partial charge >= 0.3 is 0 Å². The van der Waals surface area contributed by atoms with E-state index in [0.717, 1.165) is 16.8 Å². The van der Waals surface area contributed by atoms with Crippen LogP contribution in [0.5, 0.6) is 0 Å². The molecule has 1 heterocycles. The minimum Gasteiger partial charge on any atom is -0.383 e. The van der Waals surface area contributed by atoms with Crippen molar-refractivity contribution in [2.75, 3.05) is 13.7 Å². The van der Waals surface area contributed by atoms with Crippen LogP contribution in [0.2, 0.25) is 0 Å². The molecule has 0 saturated heterocycles. The lowest BCUT2D eigenvalue weighted by Crippen LogP contribution is -2.35. The molecule has 1 amide bonds. The van der Waals surface area contributed by atoms with E-state index in [0.29, 0.717) is 12.2 Å². The summed E-state index contributed by atoms with van der Waals surface area (Å²) in [5.41, 5.74) is 4.52. The second kappa shape index (κ2) is 7.93. The Hall–Kier alpha value is -2.99. The number of amides is 1. The van der Waals surface area contributed by atoms with E-state index < -0.39 is 0 Å². The standard InChI is InChI=1S/C20H22N4O2/c1-14-4-6-16(7-5-14)17-10-18(20(25)22-15(2)13-26-3)12-19(11-17)24-9-8-21-23-24/h4-12,15H,13H2,1-3H3,(H,22,25). The van der Waals surface area contributed by atoms with Gasteiger partial charge in [0, 0.05) is 18.7 Å². The Morgan fingerprint density at radius 2 is 1.96 bits per heavy atom. The highest BCUT2D eigenvalue weighted by atomic mass is 16.5. The minimum atomic E-state index is -0.148. The first-order valence-electron chi connectivity index (χ1n) is 8.45. The molecule has 0 radical (unpaired) electrons. The molecule has 1 N–H and O–H groups in total. The summed E-state index contributed by atoms with van der Waals surface area (Å²) in [5.74, 6) is -0.148. The van der Waals surface area contributed by atoms with Gasteiger partial charge in [0.05, 0.1) is 24.7 Å². The second-order valence-electron chi connectivity index (χ2n) is 6.31. The molecule has 0 aliphatic heterocycles. The van der Waals surface area contributed by atoms with Gasteiger partial charge in [0.2, 0.25) is 0 Å². The maximum absolute atomic E-state index is 12.7. The average molecular weight is 350 g/mol. The van der Waals surface area contributed by atoms with E-state index in [-0.39, 0.29) is 11.9 Å². The Balaban J connectivity index is 2.00. The van der Waals surface area contributed by atoms with Gasteiger partial charge < -0.3 is 10.1 Å². The van der Waals surface area contributed by atoms with Crippen molar-refractivity contribution in [3.8, 4) is 16.8 Å². The van der Waals surface area contributed by atoms with Crippen molar-refractivity contribution in [1.82, 2.24) is 20.3 Å². The van der Waals surface area contributed by atoms with Gasteiger partial charge in [0.15, 0.2) is 0 Å². The summed E-state index contributed by atoms with van der Waals surface area (Å²) in [4.78, 5) is 12.7. The maximum Gasteiger partial charge on any atom is 0.251 e. The molecule has 2 aromatic carbocycles. The Labute approximate surface area is 152 Å². The highest BCUT2D eigenvalue weighted by Crippen LogP contribution is 2.24. The number of methoxy groups -OCH3 is 1. The fraction of sp³-hybridized carbons (Fsp3) is 0.250. The van der Waals surface area contributed by atoms with Gasteiger partial charge in [-0.1, -0.05) is 35.0 Å². The van der Waals surface area contributed by atoms with Gasteiger partial charge in [-0.05, 0) is 43.2 Å². The number of aryl methyl sites for hydroxylation is 1. The van der Waals surface area contributed by atoms with Crippen molar-refractivity contribution in [1.29, 1.82) is 0 Å². The summed E-state index contributed by atoms with van der Waals surface area (Å²) in [6.45, 7) is 4.41. The van der Waals surface area contributed by atoms with Gasteiger partial charge in [-0.2, -0.15) is 0 Å². The Morgan fingerprint density at radius 1 is 1.19 bits per heavy atom. The molecule has 0 spiro atoms. The zero-order valence-electron chi connectivity index (χ0n) is 15.1. The number of carbonyl (C=O) groups is 1. The molecule has 1 unspecified atom stereocenters. The lowest BCUT2D eigenvalue weighted by atomic mass is 10.0. The molecular weight excluding hydrogens is 328 g/mol. The SMILES string of the molecule is COCC(C)NC(=O)c1cc(-c2ccc(C)cc2)cc(-n2ccnn2)c1. The van der Waals surface area contributed by atoms with Crippen LogP contribution >= 0.6 is 0 Å². The minimum absolute atomic E-state index is 0.0784. The largest absolute Gasteiger partial charge is 0.383 e. The van der Waals surface area contributed by atoms with Crippen molar-refractivity contribution in [3.05, 3.63) is 66.0 Å². The smallest absolute Gasteiger partial charge is 0.251 e. The lowest BCUT2D eigenvalue weighted by Gasteiger charge is -2.14. The van der Waals surface area contributed by atoms with Gasteiger partial charge in [0.1, 0.15) is 0 Å². The summed E-state index contributed by atoms with van der Waals surface area (Å²) in [5, 5.41) is 10.8. The van der Waals surface area contributed by atoms with Crippen LogP contribution in [-0.2, 0) is 4.74 Å². The van der Waals surface area contributed by atoms with Crippen molar-refractivity contribution >= 4 is 5.91 Å². The summed E-state index contributed by atoms with van der Waals surface area (Å²) in [7, 11) is 1.61. The van der Waals surface area contributed by atoms with Gasteiger partial charge in [-0.25, -0.2) is 4.68 Å². The molecule has 26 heavy (non-hydrogen) atoms. The number of rotatable bonds is 6. The first-order chi connectivity index (χ1) is 12.6. The van der Waals surface area contributed by atoms with Crippen molar-refractivity contribution in [2.45, 2.75) is 19.9 Å².